The molecule has 0 unspecified atom stereocenters. The molecule has 1 N–H and O–H groups in total. The molecule has 0 aromatic heterocycles. The molecule has 1 saturated heterocycles. The lowest BCUT2D eigenvalue weighted by Gasteiger charge is -2.27. The SMILES string of the molecule is Cc1ccc([C@@H]2C[C@H](C#N)CCN2)cc1. The normalized spacial score (nSPS) is 25.9. The van der Waals surface area contributed by atoms with Gasteiger partial charge in [0, 0.05) is 12.0 Å². The van der Waals surface area contributed by atoms with Gasteiger partial charge in [0.2, 0.25) is 0 Å². The van der Waals surface area contributed by atoms with Crippen molar-refractivity contribution in [3.8, 4) is 6.07 Å². The molecule has 1 aromatic carbocycles. The summed E-state index contributed by atoms with van der Waals surface area (Å²) in [7, 11) is 0. The minimum absolute atomic E-state index is 0.220. The van der Waals surface area contributed by atoms with Gasteiger partial charge in [0.15, 0.2) is 0 Å². The van der Waals surface area contributed by atoms with Crippen molar-refractivity contribution in [3.05, 3.63) is 35.4 Å². The molecule has 1 heterocycles. The van der Waals surface area contributed by atoms with Crippen molar-refractivity contribution < 1.29 is 0 Å². The lowest BCUT2D eigenvalue weighted by atomic mass is 9.89. The lowest BCUT2D eigenvalue weighted by Crippen LogP contribution is -2.31. The summed E-state index contributed by atoms with van der Waals surface area (Å²) in [5, 5.41) is 12.4. The van der Waals surface area contributed by atoms with Crippen LogP contribution in [0.2, 0.25) is 0 Å². The number of piperidine rings is 1. The maximum Gasteiger partial charge on any atom is 0.0657 e. The van der Waals surface area contributed by atoms with Crippen molar-refractivity contribution in [2.75, 3.05) is 6.54 Å². The fourth-order valence-electron chi connectivity index (χ4n) is 2.09. The van der Waals surface area contributed by atoms with Crippen LogP contribution in [0.1, 0.15) is 30.0 Å². The average Bonchev–Trinajstić information content (AvgIpc) is 2.30. The van der Waals surface area contributed by atoms with Gasteiger partial charge >= 0.3 is 0 Å². The Balaban J connectivity index is 2.10. The van der Waals surface area contributed by atoms with Gasteiger partial charge in [-0.1, -0.05) is 29.8 Å². The Labute approximate surface area is 90.9 Å². The highest BCUT2D eigenvalue weighted by atomic mass is 14.9. The van der Waals surface area contributed by atoms with Gasteiger partial charge in [0.1, 0.15) is 0 Å². The Hall–Kier alpha value is -1.33. The monoisotopic (exact) mass is 200 g/mol. The second kappa shape index (κ2) is 4.46. The highest BCUT2D eigenvalue weighted by Gasteiger charge is 2.21. The Bertz CT molecular complexity index is 361. The van der Waals surface area contributed by atoms with Crippen molar-refractivity contribution in [1.82, 2.24) is 5.32 Å². The summed E-state index contributed by atoms with van der Waals surface area (Å²) in [6.07, 6.45) is 1.93. The number of hydrogen-bond acceptors (Lipinski definition) is 2. The Morgan fingerprint density at radius 1 is 1.33 bits per heavy atom. The number of nitriles is 1. The number of rotatable bonds is 1. The van der Waals surface area contributed by atoms with Crippen LogP contribution in [-0.2, 0) is 0 Å². The fourth-order valence-corrected chi connectivity index (χ4v) is 2.09. The van der Waals surface area contributed by atoms with Crippen molar-refractivity contribution in [2.45, 2.75) is 25.8 Å². The summed E-state index contributed by atoms with van der Waals surface area (Å²) in [6.45, 7) is 3.05. The topological polar surface area (TPSA) is 35.8 Å². The zero-order chi connectivity index (χ0) is 10.7. The van der Waals surface area contributed by atoms with E-state index < -0.39 is 0 Å². The predicted molar refractivity (Wildman–Crippen MR) is 60.3 cm³/mol. The molecule has 2 nitrogen and oxygen atoms in total. The van der Waals surface area contributed by atoms with Crippen LogP contribution in [0, 0.1) is 24.2 Å². The fraction of sp³-hybridized carbons (Fsp3) is 0.462. The molecule has 1 aliphatic rings. The molecule has 15 heavy (non-hydrogen) atoms. The molecule has 2 rings (SSSR count). The second-order valence-corrected chi connectivity index (χ2v) is 4.27. The molecule has 0 aliphatic carbocycles. The van der Waals surface area contributed by atoms with Gasteiger partial charge in [-0.25, -0.2) is 0 Å². The van der Waals surface area contributed by atoms with Crippen molar-refractivity contribution in [3.63, 3.8) is 0 Å². The molecule has 0 amide bonds. The quantitative estimate of drug-likeness (QED) is 0.756. The second-order valence-electron chi connectivity index (χ2n) is 4.27. The minimum atomic E-state index is 0.220. The molecule has 0 radical (unpaired) electrons. The number of benzene rings is 1. The number of nitrogens with one attached hydrogen (secondary N) is 1. The first-order valence-electron chi connectivity index (χ1n) is 5.49. The van der Waals surface area contributed by atoms with Crippen LogP contribution in [0.15, 0.2) is 24.3 Å². The first-order chi connectivity index (χ1) is 7.29. The number of hydrogen-bond donors (Lipinski definition) is 1. The molecule has 78 valence electrons. The smallest absolute Gasteiger partial charge is 0.0657 e. The standard InChI is InChI=1S/C13H16N2/c1-10-2-4-12(5-3-10)13-8-11(9-14)6-7-15-13/h2-5,11,13,15H,6-8H2,1H3/t11-,13+/m1/s1. The molecule has 2 heteroatoms. The molecular weight excluding hydrogens is 184 g/mol. The van der Waals surface area contributed by atoms with Crippen LogP contribution < -0.4 is 5.32 Å². The van der Waals surface area contributed by atoms with Crippen molar-refractivity contribution >= 4 is 0 Å². The third kappa shape index (κ3) is 2.37. The van der Waals surface area contributed by atoms with Crippen LogP contribution in [-0.4, -0.2) is 6.54 Å². The average molecular weight is 200 g/mol. The number of aryl methyl sites for hydroxylation is 1. The summed E-state index contributed by atoms with van der Waals surface area (Å²) in [5.41, 5.74) is 2.59. The van der Waals surface area contributed by atoms with Crippen LogP contribution >= 0.6 is 0 Å². The Morgan fingerprint density at radius 2 is 2.07 bits per heavy atom. The predicted octanol–water partition coefficient (Wildman–Crippen LogP) is 2.56. The van der Waals surface area contributed by atoms with Crippen molar-refractivity contribution in [2.24, 2.45) is 5.92 Å². The van der Waals surface area contributed by atoms with E-state index in [1.54, 1.807) is 0 Å². The van der Waals surface area contributed by atoms with E-state index in [1.165, 1.54) is 11.1 Å². The molecule has 1 aromatic rings. The van der Waals surface area contributed by atoms with Crippen LogP contribution in [0.4, 0.5) is 0 Å². The van der Waals surface area contributed by atoms with Gasteiger partial charge in [-0.3, -0.25) is 0 Å². The van der Waals surface area contributed by atoms with Gasteiger partial charge in [-0.05, 0) is 31.9 Å². The zero-order valence-electron chi connectivity index (χ0n) is 9.03. The molecule has 1 aliphatic heterocycles. The largest absolute Gasteiger partial charge is 0.310 e. The summed E-state index contributed by atoms with van der Waals surface area (Å²) >= 11 is 0. The summed E-state index contributed by atoms with van der Waals surface area (Å²) in [6, 6.07) is 11.3. The highest BCUT2D eigenvalue weighted by Crippen LogP contribution is 2.26. The minimum Gasteiger partial charge on any atom is -0.310 e. The van der Waals surface area contributed by atoms with E-state index in [9.17, 15) is 0 Å². The maximum absolute atomic E-state index is 8.92. The third-order valence-corrected chi connectivity index (χ3v) is 3.07. The molecule has 2 atom stereocenters. The summed E-state index contributed by atoms with van der Waals surface area (Å²) in [4.78, 5) is 0. The molecule has 0 spiro atoms. The van der Waals surface area contributed by atoms with Gasteiger partial charge in [-0.2, -0.15) is 5.26 Å². The van der Waals surface area contributed by atoms with E-state index in [2.05, 4.69) is 42.6 Å². The molecular formula is C13H16N2. The first-order valence-corrected chi connectivity index (χ1v) is 5.49. The zero-order valence-corrected chi connectivity index (χ0v) is 9.03. The van der Waals surface area contributed by atoms with E-state index in [1.807, 2.05) is 0 Å². The van der Waals surface area contributed by atoms with Gasteiger partial charge in [0.05, 0.1) is 6.07 Å². The van der Waals surface area contributed by atoms with Crippen molar-refractivity contribution in [1.29, 1.82) is 5.26 Å². The van der Waals surface area contributed by atoms with E-state index in [0.29, 0.717) is 6.04 Å². The van der Waals surface area contributed by atoms with Gasteiger partial charge in [0.25, 0.3) is 0 Å². The molecule has 0 saturated carbocycles. The number of nitrogens with zero attached hydrogens (tertiary/aromatic N) is 1. The van der Waals surface area contributed by atoms with E-state index >= 15 is 0 Å². The third-order valence-electron chi connectivity index (χ3n) is 3.07. The molecule has 1 fully saturated rings. The van der Waals surface area contributed by atoms with E-state index in [0.717, 1.165) is 19.4 Å². The maximum atomic E-state index is 8.92. The summed E-state index contributed by atoms with van der Waals surface area (Å²) < 4.78 is 0. The van der Waals surface area contributed by atoms with Gasteiger partial charge in [-0.15, -0.1) is 0 Å². The lowest BCUT2D eigenvalue weighted by molar-refractivity contribution is 0.356. The highest BCUT2D eigenvalue weighted by molar-refractivity contribution is 5.24. The molecule has 0 bridgehead atoms. The van der Waals surface area contributed by atoms with Crippen LogP contribution in [0.3, 0.4) is 0 Å². The van der Waals surface area contributed by atoms with E-state index in [4.69, 9.17) is 5.26 Å². The van der Waals surface area contributed by atoms with Crippen LogP contribution in [0.5, 0.6) is 0 Å². The first kappa shape index (κ1) is 10.2. The Morgan fingerprint density at radius 3 is 2.73 bits per heavy atom. The summed E-state index contributed by atoms with van der Waals surface area (Å²) in [5.74, 6) is 0.220. The Kier molecular flexibility index (Phi) is 3.03. The van der Waals surface area contributed by atoms with E-state index in [-0.39, 0.29) is 5.92 Å². The van der Waals surface area contributed by atoms with Crippen LogP contribution in [0.25, 0.3) is 0 Å². The van der Waals surface area contributed by atoms with Gasteiger partial charge < -0.3 is 5.32 Å².